The molecule has 0 spiro atoms. The highest BCUT2D eigenvalue weighted by molar-refractivity contribution is 7.47. The fourth-order valence-corrected chi connectivity index (χ4v) is 6.25. The van der Waals surface area contributed by atoms with Gasteiger partial charge in [-0.1, -0.05) is 135 Å². The minimum absolute atomic E-state index is 0.133. The summed E-state index contributed by atoms with van der Waals surface area (Å²) in [6.07, 6.45) is 29.4. The van der Waals surface area contributed by atoms with Gasteiger partial charge in [0.2, 0.25) is 0 Å². The smallest absolute Gasteiger partial charge is 0.458 e. The fourth-order valence-electron chi connectivity index (χ4n) is 5.46. The molecule has 0 saturated heterocycles. The molecule has 0 aromatic heterocycles. The van der Waals surface area contributed by atoms with Gasteiger partial charge >= 0.3 is 13.8 Å². The van der Waals surface area contributed by atoms with Crippen molar-refractivity contribution in [2.45, 2.75) is 174 Å². The lowest BCUT2D eigenvalue weighted by Crippen LogP contribution is -2.35. The van der Waals surface area contributed by atoms with Gasteiger partial charge in [0.05, 0.1) is 47.5 Å². The third-order valence-electron chi connectivity index (χ3n) is 8.18. The Hall–Kier alpha value is -0.500. The Balaban J connectivity index is 3.73. The molecule has 0 amide bonds. The van der Waals surface area contributed by atoms with Gasteiger partial charge in [0.25, 0.3) is 0 Å². The predicted molar refractivity (Wildman–Crippen MR) is 187 cm³/mol. The van der Waals surface area contributed by atoms with E-state index in [1.807, 2.05) is 0 Å². The molecular formula is C36H75NO7P+. The van der Waals surface area contributed by atoms with Crippen LogP contribution in [0.1, 0.15) is 168 Å². The van der Waals surface area contributed by atoms with Gasteiger partial charge in [0.1, 0.15) is 6.10 Å². The number of ether oxygens (including phenoxy) is 2. The van der Waals surface area contributed by atoms with Crippen LogP contribution in [0.3, 0.4) is 0 Å². The summed E-state index contributed by atoms with van der Waals surface area (Å²) in [5, 5.41) is 0. The molecule has 0 aromatic carbocycles. The Labute approximate surface area is 278 Å². The molecule has 0 aliphatic rings. The van der Waals surface area contributed by atoms with Gasteiger partial charge in [-0.05, 0) is 25.7 Å². The molecule has 0 saturated carbocycles. The van der Waals surface area contributed by atoms with Crippen molar-refractivity contribution in [2.75, 3.05) is 54.1 Å². The van der Waals surface area contributed by atoms with Gasteiger partial charge in [-0.3, -0.25) is 13.8 Å². The maximum atomic E-state index is 12.3. The van der Waals surface area contributed by atoms with Crippen LogP contribution in [-0.4, -0.2) is 75.6 Å². The molecule has 0 aliphatic heterocycles. The number of unbranched alkanes of at least 4 members (excludes halogenated alkanes) is 22. The van der Waals surface area contributed by atoms with Crippen molar-refractivity contribution in [1.82, 2.24) is 0 Å². The number of phosphoric ester groups is 1. The largest absolute Gasteiger partial charge is 0.472 e. The number of hydrogen-bond donors (Lipinski definition) is 1. The quantitative estimate of drug-likeness (QED) is 0.0312. The number of rotatable bonds is 35. The summed E-state index contributed by atoms with van der Waals surface area (Å²) in [7, 11) is 2.49. The van der Waals surface area contributed by atoms with Crippen LogP contribution < -0.4 is 0 Å². The van der Waals surface area contributed by atoms with Gasteiger partial charge in [0.15, 0.2) is 0 Å². The van der Waals surface area contributed by atoms with Crippen molar-refractivity contribution >= 4 is 13.8 Å². The second kappa shape index (κ2) is 30.8. The van der Waals surface area contributed by atoms with E-state index in [0.29, 0.717) is 13.0 Å². The molecule has 0 radical (unpaired) electrons. The molecule has 2 atom stereocenters. The predicted octanol–water partition coefficient (Wildman–Crippen LogP) is 10.2. The number of carbonyl (C=O) groups excluding carboxylic acids is 1. The lowest BCUT2D eigenvalue weighted by atomic mass is 10.0. The first-order valence-corrected chi connectivity index (χ1v) is 20.2. The molecule has 0 bridgehead atoms. The van der Waals surface area contributed by atoms with E-state index >= 15 is 0 Å². The van der Waals surface area contributed by atoms with Crippen molar-refractivity contribution in [3.63, 3.8) is 0 Å². The average molecular weight is 665 g/mol. The molecule has 1 N–H and O–H groups in total. The minimum atomic E-state index is -4.20. The summed E-state index contributed by atoms with van der Waals surface area (Å²) in [5.74, 6) is -0.475. The summed E-state index contributed by atoms with van der Waals surface area (Å²) in [4.78, 5) is 21.5. The van der Waals surface area contributed by atoms with Gasteiger partial charge in [-0.2, -0.15) is 0 Å². The fraction of sp³-hybridized carbons (Fsp3) is 0.972. The van der Waals surface area contributed by atoms with Crippen LogP contribution in [0, 0.1) is 0 Å². The van der Waals surface area contributed by atoms with E-state index in [1.54, 1.807) is 0 Å². The van der Waals surface area contributed by atoms with Gasteiger partial charge < -0.3 is 18.9 Å². The highest BCUT2D eigenvalue weighted by Crippen LogP contribution is 2.43. The molecule has 9 heteroatoms. The van der Waals surface area contributed by atoms with Gasteiger partial charge in [-0.15, -0.1) is 0 Å². The van der Waals surface area contributed by atoms with Crippen molar-refractivity contribution < 1.29 is 37.3 Å². The monoisotopic (exact) mass is 665 g/mol. The number of quaternary nitrogens is 1. The van der Waals surface area contributed by atoms with E-state index in [1.165, 1.54) is 135 Å². The second-order valence-corrected chi connectivity index (χ2v) is 15.5. The Morgan fingerprint density at radius 2 is 1.00 bits per heavy atom. The molecule has 0 fully saturated rings. The molecule has 0 heterocycles. The Morgan fingerprint density at radius 1 is 0.600 bits per heavy atom. The highest BCUT2D eigenvalue weighted by Gasteiger charge is 2.24. The SMILES string of the molecule is CCCCCCCCCCCCCCCCCCOCC(COP(=O)(O)OCCCCCCCCCC[N+](C)(C)C)OC(C)=O. The molecule has 0 aromatic rings. The van der Waals surface area contributed by atoms with Crippen LogP contribution >= 0.6 is 7.82 Å². The molecule has 8 nitrogen and oxygen atoms in total. The van der Waals surface area contributed by atoms with Crippen molar-refractivity contribution in [3.8, 4) is 0 Å². The van der Waals surface area contributed by atoms with E-state index in [4.69, 9.17) is 18.5 Å². The van der Waals surface area contributed by atoms with Crippen LogP contribution in [0.2, 0.25) is 0 Å². The molecule has 270 valence electrons. The Bertz CT molecular complexity index is 701. The maximum Gasteiger partial charge on any atom is 0.472 e. The zero-order valence-electron chi connectivity index (χ0n) is 30.4. The number of phosphoric acid groups is 1. The second-order valence-electron chi connectivity index (χ2n) is 14.0. The molecule has 0 aliphatic carbocycles. The molecule has 45 heavy (non-hydrogen) atoms. The maximum absolute atomic E-state index is 12.3. The standard InChI is InChI=1S/C36H74NO7P/c1-6-7-8-9-10-11-12-13-14-15-16-17-19-22-25-28-31-41-33-36(44-35(2)38)34-43-45(39,40)42-32-29-26-23-20-18-21-24-27-30-37(3,4)5/h36H,6-34H2,1-5H3/p+1. The number of carbonyl (C=O) groups is 1. The highest BCUT2D eigenvalue weighted by atomic mass is 31.2. The summed E-state index contributed by atoms with van der Waals surface area (Å²) in [6.45, 7) is 5.44. The van der Waals surface area contributed by atoms with Crippen LogP contribution in [0.15, 0.2) is 0 Å². The van der Waals surface area contributed by atoms with Crippen LogP contribution in [0.4, 0.5) is 0 Å². The lowest BCUT2D eigenvalue weighted by Gasteiger charge is -2.23. The summed E-state index contributed by atoms with van der Waals surface area (Å²) >= 11 is 0. The van der Waals surface area contributed by atoms with E-state index < -0.39 is 19.9 Å². The number of esters is 1. The Kier molecular flexibility index (Phi) is 30.5. The molecular weight excluding hydrogens is 589 g/mol. The average Bonchev–Trinajstić information content (AvgIpc) is 2.97. The van der Waals surface area contributed by atoms with Crippen molar-refractivity contribution in [3.05, 3.63) is 0 Å². The first-order chi connectivity index (χ1) is 21.6. The van der Waals surface area contributed by atoms with E-state index in [9.17, 15) is 14.3 Å². The van der Waals surface area contributed by atoms with Crippen molar-refractivity contribution in [1.29, 1.82) is 0 Å². The lowest BCUT2D eigenvalue weighted by molar-refractivity contribution is -0.870. The van der Waals surface area contributed by atoms with E-state index in [2.05, 4.69) is 28.1 Å². The first kappa shape index (κ1) is 44.5. The normalized spacial score (nSPS) is 14.0. The van der Waals surface area contributed by atoms with E-state index in [0.717, 1.165) is 30.2 Å². The third kappa shape index (κ3) is 36.2. The molecule has 2 unspecified atom stereocenters. The van der Waals surface area contributed by atoms with Crippen molar-refractivity contribution in [2.24, 2.45) is 0 Å². The Morgan fingerprint density at radius 3 is 1.42 bits per heavy atom. The molecule has 0 rings (SSSR count). The first-order valence-electron chi connectivity index (χ1n) is 18.7. The zero-order valence-corrected chi connectivity index (χ0v) is 31.3. The van der Waals surface area contributed by atoms with Gasteiger partial charge in [0, 0.05) is 13.5 Å². The minimum Gasteiger partial charge on any atom is -0.458 e. The van der Waals surface area contributed by atoms with E-state index in [-0.39, 0.29) is 19.8 Å². The van der Waals surface area contributed by atoms with Crippen LogP contribution in [0.5, 0.6) is 0 Å². The zero-order chi connectivity index (χ0) is 33.5. The topological polar surface area (TPSA) is 91.3 Å². The van der Waals surface area contributed by atoms with Gasteiger partial charge in [-0.25, -0.2) is 4.57 Å². The summed E-state index contributed by atoms with van der Waals surface area (Å²) in [5.41, 5.74) is 0. The van der Waals surface area contributed by atoms with Crippen LogP contribution in [0.25, 0.3) is 0 Å². The number of hydrogen-bond acceptors (Lipinski definition) is 6. The van der Waals surface area contributed by atoms with Crippen LogP contribution in [-0.2, 0) is 27.9 Å². The summed E-state index contributed by atoms with van der Waals surface area (Å²) < 4.78 is 34.5. The number of nitrogens with zero attached hydrogens (tertiary/aromatic N) is 1. The third-order valence-corrected chi connectivity index (χ3v) is 9.16. The summed E-state index contributed by atoms with van der Waals surface area (Å²) in [6, 6.07) is 0.